The Labute approximate surface area is 202 Å². The molecule has 7 N–H and O–H groups in total. The number of carbonyl (C=O) groups is 3. The molecule has 0 spiro atoms. The lowest BCUT2D eigenvalue weighted by Crippen LogP contribution is -2.54. The zero-order valence-electron chi connectivity index (χ0n) is 20.1. The van der Waals surface area contributed by atoms with Crippen LogP contribution in [0, 0.1) is 11.8 Å². The molecule has 1 fully saturated rings. The number of phenolic OH excluding ortho intramolecular Hbond substituents is 1. The maximum atomic E-state index is 12.8. The second-order valence-electron chi connectivity index (χ2n) is 9.68. The number of hydrogen-bond acceptors (Lipinski definition) is 7. The Hall–Kier alpha value is -2.06. The molecule has 0 radical (unpaired) electrons. The smallest absolute Gasteiger partial charge is 0.275 e. The molecule has 0 heterocycles. The molecular weight excluding hydrogens is 457 g/mol. The summed E-state index contributed by atoms with van der Waals surface area (Å²) in [7, 11) is -3.37. The molecule has 0 bridgehead atoms. The summed E-state index contributed by atoms with van der Waals surface area (Å²) in [5.74, 6) is -1.34. The molecule has 1 aromatic carbocycles. The van der Waals surface area contributed by atoms with Crippen LogP contribution in [0.2, 0.25) is 0 Å². The summed E-state index contributed by atoms with van der Waals surface area (Å²) in [5.41, 5.74) is 6.61. The number of aromatic hydroxyl groups is 1. The average Bonchev–Trinajstić information content (AvgIpc) is 2.77. The SMILES string of the molecule is CC(C)[C@H](N)C(=O)N[C@@H](Cc1ccc(O)cc1)C(=O)NCC(=O)C[P+](O)(O)CC1CCCCC1. The molecule has 0 unspecified atom stereocenters. The van der Waals surface area contributed by atoms with Crippen molar-refractivity contribution in [2.45, 2.75) is 64.5 Å². The molecule has 2 atom stereocenters. The van der Waals surface area contributed by atoms with E-state index in [4.69, 9.17) is 5.73 Å². The Bertz CT molecular complexity index is 825. The summed E-state index contributed by atoms with van der Waals surface area (Å²) in [5, 5.41) is 14.6. The molecule has 190 valence electrons. The average molecular weight is 497 g/mol. The van der Waals surface area contributed by atoms with Gasteiger partial charge in [0.15, 0.2) is 11.9 Å². The zero-order valence-corrected chi connectivity index (χ0v) is 21.0. The second kappa shape index (κ2) is 13.1. The van der Waals surface area contributed by atoms with Gasteiger partial charge in [-0.2, -0.15) is 0 Å². The van der Waals surface area contributed by atoms with Crippen molar-refractivity contribution >= 4 is 25.3 Å². The highest BCUT2D eigenvalue weighted by molar-refractivity contribution is 7.65. The second-order valence-corrected chi connectivity index (χ2v) is 12.1. The predicted octanol–water partition coefficient (Wildman–Crippen LogP) is 1.50. The quantitative estimate of drug-likeness (QED) is 0.239. The van der Waals surface area contributed by atoms with Gasteiger partial charge in [-0.15, -0.1) is 0 Å². The molecule has 0 saturated heterocycles. The first-order valence-electron chi connectivity index (χ1n) is 11.9. The van der Waals surface area contributed by atoms with Crippen molar-refractivity contribution < 1.29 is 29.3 Å². The van der Waals surface area contributed by atoms with Crippen LogP contribution in [-0.2, 0) is 20.8 Å². The Morgan fingerprint density at radius 2 is 1.68 bits per heavy atom. The third-order valence-corrected chi connectivity index (χ3v) is 8.16. The molecule has 1 aliphatic rings. The van der Waals surface area contributed by atoms with E-state index in [9.17, 15) is 29.3 Å². The standard InChI is InChI=1S/C24H38N3O6P/c1-16(2)22(25)24(31)27-21(12-17-8-10-19(28)11-9-17)23(30)26-13-20(29)15-34(32,33)14-18-6-4-3-5-7-18/h8-11,16,18,21-22,32-33H,3-7,12-15,25H2,1-2H3,(H2-,26,27,28,30,31)/p+1/t21-,22-/m0/s1. The summed E-state index contributed by atoms with van der Waals surface area (Å²) in [6.07, 6.45) is 5.22. The van der Waals surface area contributed by atoms with Crippen molar-refractivity contribution in [3.05, 3.63) is 29.8 Å². The lowest BCUT2D eigenvalue weighted by atomic mass is 9.91. The van der Waals surface area contributed by atoms with Crippen molar-refractivity contribution in [1.82, 2.24) is 10.6 Å². The minimum atomic E-state index is -3.37. The molecule has 2 amide bonds. The van der Waals surface area contributed by atoms with Gasteiger partial charge in [0.05, 0.1) is 12.6 Å². The lowest BCUT2D eigenvalue weighted by Gasteiger charge is -2.23. The highest BCUT2D eigenvalue weighted by Gasteiger charge is 2.39. The molecule has 2 rings (SSSR count). The summed E-state index contributed by atoms with van der Waals surface area (Å²) in [6.45, 7) is 3.24. The zero-order chi connectivity index (χ0) is 25.3. The Morgan fingerprint density at radius 1 is 1.06 bits per heavy atom. The summed E-state index contributed by atoms with van der Waals surface area (Å²) in [4.78, 5) is 58.5. The number of carbonyl (C=O) groups excluding carboxylic acids is 3. The number of benzene rings is 1. The maximum absolute atomic E-state index is 12.8. The van der Waals surface area contributed by atoms with Gasteiger partial charge in [0.2, 0.25) is 11.8 Å². The fraction of sp³-hybridized carbons (Fsp3) is 0.625. The molecule has 34 heavy (non-hydrogen) atoms. The van der Waals surface area contributed by atoms with E-state index in [-0.39, 0.29) is 42.9 Å². The van der Waals surface area contributed by atoms with E-state index in [1.807, 2.05) is 0 Å². The van der Waals surface area contributed by atoms with E-state index in [2.05, 4.69) is 10.6 Å². The monoisotopic (exact) mass is 496 g/mol. The lowest BCUT2D eigenvalue weighted by molar-refractivity contribution is -0.130. The van der Waals surface area contributed by atoms with Crippen molar-refractivity contribution in [3.63, 3.8) is 0 Å². The number of phenols is 1. The van der Waals surface area contributed by atoms with E-state index in [1.165, 1.54) is 12.1 Å². The first kappa shape index (κ1) is 28.2. The number of rotatable bonds is 12. The molecule has 0 aliphatic heterocycles. The van der Waals surface area contributed by atoms with Crippen LogP contribution < -0.4 is 16.4 Å². The highest BCUT2D eigenvalue weighted by Crippen LogP contribution is 2.52. The van der Waals surface area contributed by atoms with Crippen LogP contribution in [0.4, 0.5) is 0 Å². The van der Waals surface area contributed by atoms with Crippen LogP contribution in [-0.4, -0.2) is 63.4 Å². The minimum absolute atomic E-state index is 0.0780. The molecule has 1 aliphatic carbocycles. The number of ketones is 1. The summed E-state index contributed by atoms with van der Waals surface area (Å²) >= 11 is 0. The highest BCUT2D eigenvalue weighted by atomic mass is 31.2. The Balaban J connectivity index is 1.95. The van der Waals surface area contributed by atoms with Crippen LogP contribution in [0.15, 0.2) is 24.3 Å². The van der Waals surface area contributed by atoms with E-state index in [1.54, 1.807) is 26.0 Å². The first-order chi connectivity index (χ1) is 16.0. The van der Waals surface area contributed by atoms with Gasteiger partial charge in [0, 0.05) is 6.42 Å². The van der Waals surface area contributed by atoms with E-state index < -0.39 is 37.4 Å². The number of nitrogens with one attached hydrogen (secondary N) is 2. The number of nitrogens with two attached hydrogens (primary N) is 1. The van der Waals surface area contributed by atoms with Crippen LogP contribution in [0.5, 0.6) is 5.75 Å². The predicted molar refractivity (Wildman–Crippen MR) is 132 cm³/mol. The normalized spacial score (nSPS) is 16.6. The van der Waals surface area contributed by atoms with Crippen molar-refractivity contribution in [1.29, 1.82) is 0 Å². The molecule has 1 aromatic rings. The van der Waals surface area contributed by atoms with Crippen LogP contribution in [0.3, 0.4) is 0 Å². The molecule has 10 heteroatoms. The van der Waals surface area contributed by atoms with Gasteiger partial charge >= 0.3 is 0 Å². The van der Waals surface area contributed by atoms with Gasteiger partial charge in [-0.05, 0) is 42.4 Å². The van der Waals surface area contributed by atoms with Gasteiger partial charge in [0.1, 0.15) is 18.0 Å². The third kappa shape index (κ3) is 9.66. The van der Waals surface area contributed by atoms with E-state index in [0.29, 0.717) is 5.56 Å². The summed E-state index contributed by atoms with van der Waals surface area (Å²) in [6, 6.07) is 4.44. The Kier molecular flexibility index (Phi) is 10.9. The topological polar surface area (TPSA) is 162 Å². The van der Waals surface area contributed by atoms with Gasteiger partial charge < -0.3 is 21.5 Å². The molecular formula is C24H39N3O6P+. The van der Waals surface area contributed by atoms with Crippen molar-refractivity contribution in [2.24, 2.45) is 17.6 Å². The van der Waals surface area contributed by atoms with Gasteiger partial charge in [-0.25, -0.2) is 9.79 Å². The van der Waals surface area contributed by atoms with Crippen LogP contribution >= 0.6 is 7.72 Å². The third-order valence-electron chi connectivity index (χ3n) is 6.19. The Morgan fingerprint density at radius 3 is 2.26 bits per heavy atom. The first-order valence-corrected chi connectivity index (χ1v) is 14.0. The van der Waals surface area contributed by atoms with Gasteiger partial charge in [-0.3, -0.25) is 14.4 Å². The number of amides is 2. The minimum Gasteiger partial charge on any atom is -0.508 e. The molecule has 0 aromatic heterocycles. The number of hydrogen-bond donors (Lipinski definition) is 6. The fourth-order valence-corrected chi connectivity index (χ4v) is 6.14. The fourth-order valence-electron chi connectivity index (χ4n) is 4.14. The van der Waals surface area contributed by atoms with Crippen molar-refractivity contribution in [2.75, 3.05) is 18.9 Å². The van der Waals surface area contributed by atoms with Gasteiger partial charge in [0.25, 0.3) is 7.72 Å². The maximum Gasteiger partial charge on any atom is 0.275 e. The van der Waals surface area contributed by atoms with Crippen molar-refractivity contribution in [3.8, 4) is 5.75 Å². The largest absolute Gasteiger partial charge is 0.508 e. The van der Waals surface area contributed by atoms with Gasteiger partial charge in [-0.1, -0.05) is 45.2 Å². The van der Waals surface area contributed by atoms with Crippen LogP contribution in [0.25, 0.3) is 0 Å². The van der Waals surface area contributed by atoms with Crippen LogP contribution in [0.1, 0.15) is 51.5 Å². The number of Topliss-reactive ketones (excluding diaryl/α,β-unsaturated/α-hetero) is 1. The molecule has 9 nitrogen and oxygen atoms in total. The summed E-state index contributed by atoms with van der Waals surface area (Å²) < 4.78 is 0. The molecule has 1 saturated carbocycles. The van der Waals surface area contributed by atoms with E-state index >= 15 is 0 Å². The van der Waals surface area contributed by atoms with E-state index in [0.717, 1.165) is 32.1 Å².